The van der Waals surface area contributed by atoms with Crippen LogP contribution in [0, 0.1) is 0 Å². The molecule has 0 saturated carbocycles. The number of rotatable bonds is 7. The summed E-state index contributed by atoms with van der Waals surface area (Å²) < 4.78 is 22.5. The molecule has 1 aliphatic rings. The van der Waals surface area contributed by atoms with Gasteiger partial charge < -0.3 is 29.2 Å². The van der Waals surface area contributed by atoms with Gasteiger partial charge in [-0.25, -0.2) is 0 Å². The minimum atomic E-state index is 0.225. The van der Waals surface area contributed by atoms with Gasteiger partial charge in [0.05, 0.1) is 33.4 Å². The van der Waals surface area contributed by atoms with E-state index in [2.05, 4.69) is 15.2 Å². The van der Waals surface area contributed by atoms with E-state index in [0.29, 0.717) is 23.8 Å². The zero-order chi connectivity index (χ0) is 21.3. The fraction of sp³-hybridized carbons (Fsp3) is 0.435. The van der Waals surface area contributed by atoms with Crippen LogP contribution in [0.3, 0.4) is 0 Å². The highest BCUT2D eigenvalue weighted by molar-refractivity contribution is 5.80. The van der Waals surface area contributed by atoms with E-state index in [1.165, 1.54) is 0 Å². The number of nitrogens with one attached hydrogen (secondary N) is 1. The van der Waals surface area contributed by atoms with Crippen LogP contribution in [0.15, 0.2) is 47.5 Å². The van der Waals surface area contributed by atoms with Gasteiger partial charge in [-0.05, 0) is 12.1 Å². The van der Waals surface area contributed by atoms with Crippen LogP contribution in [-0.2, 0) is 6.54 Å². The maximum Gasteiger partial charge on any atom is 0.193 e. The SMILES string of the molecule is CN=C(NCc1c(OC)cc(OC)cc1OC)N1CCC(Oc2ccccc2)CC1. The van der Waals surface area contributed by atoms with Gasteiger partial charge in [0.25, 0.3) is 0 Å². The maximum atomic E-state index is 6.10. The molecule has 0 spiro atoms. The summed E-state index contributed by atoms with van der Waals surface area (Å²) in [7, 11) is 6.71. The number of aliphatic imine (C=N–C) groups is 1. The van der Waals surface area contributed by atoms with Crippen molar-refractivity contribution in [3.63, 3.8) is 0 Å². The van der Waals surface area contributed by atoms with Gasteiger partial charge in [-0.15, -0.1) is 0 Å². The fourth-order valence-electron chi connectivity index (χ4n) is 3.63. The average Bonchev–Trinajstić information content (AvgIpc) is 2.80. The molecule has 1 fully saturated rings. The molecule has 0 aromatic heterocycles. The van der Waals surface area contributed by atoms with E-state index < -0.39 is 0 Å². The second-order valence-corrected chi connectivity index (χ2v) is 7.03. The normalized spacial score (nSPS) is 14.9. The summed E-state index contributed by atoms with van der Waals surface area (Å²) in [5.74, 6) is 3.90. The molecule has 0 unspecified atom stereocenters. The van der Waals surface area contributed by atoms with Crippen molar-refractivity contribution < 1.29 is 18.9 Å². The Morgan fingerprint density at radius 2 is 1.60 bits per heavy atom. The van der Waals surface area contributed by atoms with Crippen molar-refractivity contribution in [2.24, 2.45) is 4.99 Å². The molecule has 1 aliphatic heterocycles. The van der Waals surface area contributed by atoms with Crippen molar-refractivity contribution in [3.05, 3.63) is 48.0 Å². The third-order valence-electron chi connectivity index (χ3n) is 5.24. The van der Waals surface area contributed by atoms with Gasteiger partial charge in [0, 0.05) is 45.1 Å². The van der Waals surface area contributed by atoms with Gasteiger partial charge in [-0.1, -0.05) is 18.2 Å². The van der Waals surface area contributed by atoms with Gasteiger partial charge in [0.2, 0.25) is 0 Å². The summed E-state index contributed by atoms with van der Waals surface area (Å²) >= 11 is 0. The third kappa shape index (κ3) is 5.28. The van der Waals surface area contributed by atoms with Gasteiger partial charge in [-0.3, -0.25) is 4.99 Å². The van der Waals surface area contributed by atoms with Gasteiger partial charge in [0.15, 0.2) is 5.96 Å². The van der Waals surface area contributed by atoms with E-state index in [1.807, 2.05) is 42.5 Å². The van der Waals surface area contributed by atoms with Crippen LogP contribution in [0.4, 0.5) is 0 Å². The van der Waals surface area contributed by atoms with E-state index in [0.717, 1.165) is 43.2 Å². The minimum absolute atomic E-state index is 0.225. The molecule has 0 radical (unpaired) electrons. The number of hydrogen-bond donors (Lipinski definition) is 1. The topological polar surface area (TPSA) is 64.6 Å². The van der Waals surface area contributed by atoms with E-state index in [4.69, 9.17) is 18.9 Å². The Labute approximate surface area is 178 Å². The maximum absolute atomic E-state index is 6.10. The number of guanidine groups is 1. The number of nitrogens with zero attached hydrogens (tertiary/aromatic N) is 2. The predicted molar refractivity (Wildman–Crippen MR) is 118 cm³/mol. The zero-order valence-corrected chi connectivity index (χ0v) is 18.2. The summed E-state index contributed by atoms with van der Waals surface area (Å²) in [5.41, 5.74) is 0.921. The van der Waals surface area contributed by atoms with Crippen LogP contribution in [0.5, 0.6) is 23.0 Å². The van der Waals surface area contributed by atoms with Crippen molar-refractivity contribution in [2.75, 3.05) is 41.5 Å². The second kappa shape index (κ2) is 10.6. The Bertz CT molecular complexity index is 809. The molecular formula is C23H31N3O4. The predicted octanol–water partition coefficient (Wildman–Crippen LogP) is 3.33. The largest absolute Gasteiger partial charge is 0.496 e. The number of piperidine rings is 1. The number of benzene rings is 2. The minimum Gasteiger partial charge on any atom is -0.496 e. The molecule has 0 atom stereocenters. The Kier molecular flexibility index (Phi) is 7.65. The summed E-state index contributed by atoms with van der Waals surface area (Å²) in [6, 6.07) is 13.7. The molecule has 162 valence electrons. The van der Waals surface area contributed by atoms with Crippen LogP contribution in [0.1, 0.15) is 18.4 Å². The molecule has 30 heavy (non-hydrogen) atoms. The van der Waals surface area contributed by atoms with Gasteiger partial charge in [0.1, 0.15) is 29.1 Å². The number of likely N-dealkylation sites (tertiary alicyclic amines) is 1. The van der Waals surface area contributed by atoms with Crippen LogP contribution in [0.2, 0.25) is 0 Å². The van der Waals surface area contributed by atoms with Crippen LogP contribution < -0.4 is 24.3 Å². The molecule has 1 heterocycles. The smallest absolute Gasteiger partial charge is 0.193 e. The number of methoxy groups -OCH3 is 3. The van der Waals surface area contributed by atoms with Gasteiger partial charge >= 0.3 is 0 Å². The summed E-state index contributed by atoms with van der Waals surface area (Å²) in [6.45, 7) is 2.30. The molecule has 7 heteroatoms. The molecule has 2 aromatic rings. The molecule has 0 aliphatic carbocycles. The van der Waals surface area contributed by atoms with Gasteiger partial charge in [-0.2, -0.15) is 0 Å². The first kappa shape index (κ1) is 21.6. The standard InChI is InChI=1S/C23H31N3O4/c1-24-23(25-16-20-21(28-3)14-19(27-2)15-22(20)29-4)26-12-10-18(11-13-26)30-17-8-6-5-7-9-17/h5-9,14-15,18H,10-13,16H2,1-4H3,(H,24,25). The number of ether oxygens (including phenoxy) is 4. The highest BCUT2D eigenvalue weighted by Crippen LogP contribution is 2.34. The lowest BCUT2D eigenvalue weighted by atomic mass is 10.1. The molecule has 3 rings (SSSR count). The number of hydrogen-bond acceptors (Lipinski definition) is 5. The lowest BCUT2D eigenvalue weighted by molar-refractivity contribution is 0.129. The molecular weight excluding hydrogens is 382 g/mol. The van der Waals surface area contributed by atoms with Crippen molar-refractivity contribution in [3.8, 4) is 23.0 Å². The summed E-state index contributed by atoms with van der Waals surface area (Å²) in [4.78, 5) is 6.72. The first-order valence-electron chi connectivity index (χ1n) is 10.1. The molecule has 7 nitrogen and oxygen atoms in total. The fourth-order valence-corrected chi connectivity index (χ4v) is 3.63. The molecule has 0 bridgehead atoms. The zero-order valence-electron chi connectivity index (χ0n) is 18.2. The Morgan fingerprint density at radius 3 is 2.13 bits per heavy atom. The van der Waals surface area contributed by atoms with E-state index in [9.17, 15) is 0 Å². The van der Waals surface area contributed by atoms with Crippen LogP contribution >= 0.6 is 0 Å². The van der Waals surface area contributed by atoms with Crippen molar-refractivity contribution in [2.45, 2.75) is 25.5 Å². The van der Waals surface area contributed by atoms with E-state index in [1.54, 1.807) is 28.4 Å². The Morgan fingerprint density at radius 1 is 0.967 bits per heavy atom. The molecule has 2 aromatic carbocycles. The van der Waals surface area contributed by atoms with Crippen molar-refractivity contribution in [1.82, 2.24) is 10.2 Å². The Hall–Kier alpha value is -3.09. The summed E-state index contributed by atoms with van der Waals surface area (Å²) in [5, 5.41) is 3.44. The second-order valence-electron chi connectivity index (χ2n) is 7.03. The van der Waals surface area contributed by atoms with Crippen LogP contribution in [0.25, 0.3) is 0 Å². The average molecular weight is 414 g/mol. The molecule has 0 amide bonds. The van der Waals surface area contributed by atoms with Crippen molar-refractivity contribution >= 4 is 5.96 Å². The molecule has 1 saturated heterocycles. The number of para-hydroxylation sites is 1. The monoisotopic (exact) mass is 413 g/mol. The Balaban J connectivity index is 1.59. The first-order valence-corrected chi connectivity index (χ1v) is 10.1. The summed E-state index contributed by atoms with van der Waals surface area (Å²) in [6.07, 6.45) is 2.12. The van der Waals surface area contributed by atoms with Crippen molar-refractivity contribution in [1.29, 1.82) is 0 Å². The highest BCUT2D eigenvalue weighted by atomic mass is 16.5. The van der Waals surface area contributed by atoms with E-state index in [-0.39, 0.29) is 6.10 Å². The lowest BCUT2D eigenvalue weighted by Crippen LogP contribution is -2.47. The van der Waals surface area contributed by atoms with E-state index >= 15 is 0 Å². The lowest BCUT2D eigenvalue weighted by Gasteiger charge is -2.34. The molecule has 1 N–H and O–H groups in total. The van der Waals surface area contributed by atoms with Crippen LogP contribution in [-0.4, -0.2) is 58.4 Å². The highest BCUT2D eigenvalue weighted by Gasteiger charge is 2.23. The first-order chi connectivity index (χ1) is 14.7. The third-order valence-corrected chi connectivity index (χ3v) is 5.24. The quantitative estimate of drug-likeness (QED) is 0.555.